The van der Waals surface area contributed by atoms with Gasteiger partial charge in [-0.05, 0) is 52.8 Å². The van der Waals surface area contributed by atoms with Crippen LogP contribution in [0.2, 0.25) is 0 Å². The highest BCUT2D eigenvalue weighted by Gasteiger charge is 2.27. The number of rotatable bonds is 4. The largest absolute Gasteiger partial charge is 0.507 e. The summed E-state index contributed by atoms with van der Waals surface area (Å²) in [6, 6.07) is 4.45. The van der Waals surface area contributed by atoms with E-state index in [1.165, 1.54) is 23.5 Å². The Hall–Kier alpha value is -1.97. The molecule has 0 amide bonds. The zero-order valence-corrected chi connectivity index (χ0v) is 16.8. The third kappa shape index (κ3) is 3.00. The van der Waals surface area contributed by atoms with E-state index in [1.54, 1.807) is 38.3 Å². The van der Waals surface area contributed by atoms with Crippen LogP contribution in [-0.2, 0) is 15.4 Å². The standard InChI is InChI=1S/C17H21N3O4S2/c1-9(2)26(23,24)13-8-11(6-7-12(13)21)14-10(3)18-16-20(14)19-15(25-16)17(4,5)22/h6-9,21-22H,1-5H3. The van der Waals surface area contributed by atoms with E-state index < -0.39 is 20.7 Å². The number of phenolic OH excluding ortho intramolecular Hbond substituents is 1. The van der Waals surface area contributed by atoms with Gasteiger partial charge in [0.05, 0.1) is 16.6 Å². The molecule has 2 N–H and O–H groups in total. The van der Waals surface area contributed by atoms with Crippen LogP contribution in [0.5, 0.6) is 5.75 Å². The normalized spacial score (nSPS) is 13.0. The number of aromatic nitrogens is 3. The lowest BCUT2D eigenvalue weighted by Crippen LogP contribution is -2.15. The van der Waals surface area contributed by atoms with E-state index in [0.29, 0.717) is 26.9 Å². The zero-order chi connectivity index (χ0) is 19.4. The van der Waals surface area contributed by atoms with Crippen LogP contribution in [0, 0.1) is 6.92 Å². The Labute approximate surface area is 155 Å². The number of nitrogens with zero attached hydrogens (tertiary/aromatic N) is 3. The Morgan fingerprint density at radius 1 is 1.27 bits per heavy atom. The fourth-order valence-electron chi connectivity index (χ4n) is 2.57. The third-order valence-electron chi connectivity index (χ3n) is 4.06. The molecule has 0 aliphatic heterocycles. The van der Waals surface area contributed by atoms with Gasteiger partial charge in [0.2, 0.25) is 4.96 Å². The minimum absolute atomic E-state index is 0.114. The van der Waals surface area contributed by atoms with Gasteiger partial charge in [-0.25, -0.2) is 17.9 Å². The Kier molecular flexibility index (Phi) is 4.37. The minimum atomic E-state index is -3.64. The molecule has 140 valence electrons. The molecular weight excluding hydrogens is 374 g/mol. The number of aliphatic hydroxyl groups is 1. The van der Waals surface area contributed by atoms with E-state index in [9.17, 15) is 18.6 Å². The van der Waals surface area contributed by atoms with Crippen LogP contribution in [-0.4, -0.2) is 38.5 Å². The van der Waals surface area contributed by atoms with E-state index in [1.807, 2.05) is 6.92 Å². The first-order valence-corrected chi connectivity index (χ1v) is 10.5. The molecule has 0 aliphatic rings. The SMILES string of the molecule is Cc1nc2sc(C(C)(C)O)nn2c1-c1ccc(O)c(S(=O)(=O)C(C)C)c1. The summed E-state index contributed by atoms with van der Waals surface area (Å²) in [5.41, 5.74) is 0.800. The van der Waals surface area contributed by atoms with Crippen molar-refractivity contribution in [2.45, 2.75) is 50.4 Å². The summed E-state index contributed by atoms with van der Waals surface area (Å²) in [7, 11) is -3.64. The van der Waals surface area contributed by atoms with E-state index >= 15 is 0 Å². The lowest BCUT2D eigenvalue weighted by molar-refractivity contribution is 0.0773. The van der Waals surface area contributed by atoms with Crippen molar-refractivity contribution < 1.29 is 18.6 Å². The smallest absolute Gasteiger partial charge is 0.213 e. The molecule has 26 heavy (non-hydrogen) atoms. The van der Waals surface area contributed by atoms with Gasteiger partial charge in [-0.1, -0.05) is 11.3 Å². The number of hydrogen-bond acceptors (Lipinski definition) is 7. The molecule has 0 aliphatic carbocycles. The van der Waals surface area contributed by atoms with E-state index in [4.69, 9.17) is 0 Å². The van der Waals surface area contributed by atoms with E-state index in [2.05, 4.69) is 10.1 Å². The molecule has 3 rings (SSSR count). The van der Waals surface area contributed by atoms with Gasteiger partial charge in [0.1, 0.15) is 21.3 Å². The molecule has 0 atom stereocenters. The van der Waals surface area contributed by atoms with Gasteiger partial charge in [-0.15, -0.1) is 0 Å². The molecule has 7 nitrogen and oxygen atoms in total. The van der Waals surface area contributed by atoms with E-state index in [0.717, 1.165) is 0 Å². The van der Waals surface area contributed by atoms with Crippen LogP contribution < -0.4 is 0 Å². The second kappa shape index (κ2) is 6.04. The maximum Gasteiger partial charge on any atom is 0.213 e. The predicted molar refractivity (Wildman–Crippen MR) is 100 cm³/mol. The third-order valence-corrected chi connectivity index (χ3v) is 7.46. The number of hydrogen-bond donors (Lipinski definition) is 2. The highest BCUT2D eigenvalue weighted by atomic mass is 32.2. The second-order valence-corrected chi connectivity index (χ2v) is 10.4. The van der Waals surface area contributed by atoms with Gasteiger partial charge < -0.3 is 10.2 Å². The van der Waals surface area contributed by atoms with Crippen LogP contribution in [0.25, 0.3) is 16.2 Å². The van der Waals surface area contributed by atoms with Crippen LogP contribution in [0.3, 0.4) is 0 Å². The summed E-state index contributed by atoms with van der Waals surface area (Å²) in [6.45, 7) is 8.24. The molecule has 3 aromatic rings. The van der Waals surface area contributed by atoms with Crippen molar-refractivity contribution in [3.8, 4) is 17.0 Å². The van der Waals surface area contributed by atoms with Gasteiger partial charge >= 0.3 is 0 Å². The van der Waals surface area contributed by atoms with Crippen LogP contribution >= 0.6 is 11.3 Å². The number of aromatic hydroxyl groups is 1. The Bertz CT molecular complexity index is 1090. The number of fused-ring (bicyclic) bond motifs is 1. The molecule has 0 saturated carbocycles. The fraction of sp³-hybridized carbons (Fsp3) is 0.412. The van der Waals surface area contributed by atoms with Crippen LogP contribution in [0.15, 0.2) is 23.1 Å². The maximum absolute atomic E-state index is 12.5. The van der Waals surface area contributed by atoms with Crippen molar-refractivity contribution in [3.05, 3.63) is 28.9 Å². The van der Waals surface area contributed by atoms with Gasteiger partial charge in [0, 0.05) is 5.56 Å². The molecule has 2 heterocycles. The molecule has 0 radical (unpaired) electrons. The second-order valence-electron chi connectivity index (χ2n) is 6.98. The molecule has 0 fully saturated rings. The van der Waals surface area contributed by atoms with Gasteiger partial charge in [0.15, 0.2) is 9.84 Å². The summed E-state index contributed by atoms with van der Waals surface area (Å²) < 4.78 is 26.7. The Morgan fingerprint density at radius 3 is 2.50 bits per heavy atom. The summed E-state index contributed by atoms with van der Waals surface area (Å²) in [6.07, 6.45) is 0. The van der Waals surface area contributed by atoms with Crippen LogP contribution in [0.4, 0.5) is 0 Å². The molecule has 1 aromatic carbocycles. The topological polar surface area (TPSA) is 105 Å². The molecule has 9 heteroatoms. The summed E-state index contributed by atoms with van der Waals surface area (Å²) in [4.78, 5) is 4.96. The van der Waals surface area contributed by atoms with Crippen molar-refractivity contribution in [1.29, 1.82) is 0 Å². The van der Waals surface area contributed by atoms with Crippen molar-refractivity contribution >= 4 is 26.1 Å². The fourth-order valence-corrected chi connectivity index (χ4v) is 4.68. The van der Waals surface area contributed by atoms with Crippen molar-refractivity contribution in [1.82, 2.24) is 14.6 Å². The van der Waals surface area contributed by atoms with Gasteiger partial charge in [0.25, 0.3) is 0 Å². The summed E-state index contributed by atoms with van der Waals surface area (Å²) in [5, 5.41) is 24.5. The number of benzene rings is 1. The zero-order valence-electron chi connectivity index (χ0n) is 15.2. The Balaban J connectivity index is 2.24. The molecule has 0 bridgehead atoms. The monoisotopic (exact) mass is 395 g/mol. The highest BCUT2D eigenvalue weighted by molar-refractivity contribution is 7.92. The summed E-state index contributed by atoms with van der Waals surface area (Å²) in [5.74, 6) is -0.281. The lowest BCUT2D eigenvalue weighted by atomic mass is 10.1. The first-order chi connectivity index (χ1) is 11.9. The number of sulfone groups is 1. The van der Waals surface area contributed by atoms with Crippen molar-refractivity contribution in [2.75, 3.05) is 0 Å². The van der Waals surface area contributed by atoms with E-state index in [-0.39, 0.29) is 10.6 Å². The first kappa shape index (κ1) is 18.8. The lowest BCUT2D eigenvalue weighted by Gasteiger charge is -2.12. The van der Waals surface area contributed by atoms with Crippen LogP contribution in [0.1, 0.15) is 38.4 Å². The molecule has 0 saturated heterocycles. The Morgan fingerprint density at radius 2 is 1.92 bits per heavy atom. The average Bonchev–Trinajstić information content (AvgIpc) is 3.04. The number of aryl methyl sites for hydroxylation is 1. The minimum Gasteiger partial charge on any atom is -0.507 e. The number of phenols is 1. The molecule has 0 unspecified atom stereocenters. The molecule has 0 spiro atoms. The maximum atomic E-state index is 12.5. The van der Waals surface area contributed by atoms with Crippen molar-refractivity contribution in [3.63, 3.8) is 0 Å². The van der Waals surface area contributed by atoms with Crippen molar-refractivity contribution in [2.24, 2.45) is 0 Å². The highest BCUT2D eigenvalue weighted by Crippen LogP contribution is 2.35. The first-order valence-electron chi connectivity index (χ1n) is 8.09. The number of imidazole rings is 1. The molecule has 2 aromatic heterocycles. The molecular formula is C17H21N3O4S2. The average molecular weight is 396 g/mol. The predicted octanol–water partition coefficient (Wildman–Crippen LogP) is 2.88. The van der Waals surface area contributed by atoms with Gasteiger partial charge in [-0.3, -0.25) is 0 Å². The van der Waals surface area contributed by atoms with Gasteiger partial charge in [-0.2, -0.15) is 5.10 Å². The quantitative estimate of drug-likeness (QED) is 0.704. The summed E-state index contributed by atoms with van der Waals surface area (Å²) >= 11 is 1.27.